The van der Waals surface area contributed by atoms with E-state index >= 15 is 0 Å². The quantitative estimate of drug-likeness (QED) is 0.380. The first-order chi connectivity index (χ1) is 0. The molecule has 0 aromatic carbocycles. The van der Waals surface area contributed by atoms with Crippen LogP contribution >= 0.6 is 0 Å². The first kappa shape index (κ1) is 38.2. The van der Waals surface area contributed by atoms with E-state index in [9.17, 15) is 0 Å². The van der Waals surface area contributed by atoms with E-state index < -0.39 is 0 Å². The smallest absolute Gasteiger partial charge is 1.00 e. The van der Waals surface area contributed by atoms with E-state index in [-0.39, 0.29) is 120 Å². The van der Waals surface area contributed by atoms with Crippen molar-refractivity contribution in [2.24, 2.45) is 0 Å². The normalized spacial score (nSPS) is 0. The molecule has 0 unspecified atom stereocenters. The van der Waals surface area contributed by atoms with Crippen LogP contribution in [0.4, 0.5) is 0 Å². The standard InChI is InChI=1S/3BrH.GeH2.K/h3*1H;1H2;/q;;;+2;+1/p-3. The maximum Gasteiger partial charge on any atom is 1.00 e. The molecular formula is H2Br3GeK. The molecule has 0 N–H and O–H groups in total. The molecule has 28 valence electrons. The Morgan fingerprint density at radius 2 is 0.600 bits per heavy atom. The van der Waals surface area contributed by atoms with Gasteiger partial charge in [-0.2, -0.15) is 0 Å². The van der Waals surface area contributed by atoms with Crippen LogP contribution in [0.15, 0.2) is 0 Å². The van der Waals surface area contributed by atoms with Crippen molar-refractivity contribution >= 4 is 17.6 Å². The van der Waals surface area contributed by atoms with Crippen molar-refractivity contribution < 1.29 is 102 Å². The molecule has 5 heteroatoms. The Kier molecular flexibility index (Phi) is 195. The molecule has 0 spiro atoms. The van der Waals surface area contributed by atoms with Crippen molar-refractivity contribution in [3.63, 3.8) is 0 Å². The van der Waals surface area contributed by atoms with E-state index in [2.05, 4.69) is 0 Å². The number of rotatable bonds is 0. The first-order valence-electron chi connectivity index (χ1n) is 0. The molecule has 0 radical (unpaired) electrons. The van der Waals surface area contributed by atoms with Gasteiger partial charge in [0, 0.05) is 0 Å². The minimum atomic E-state index is 0. The summed E-state index contributed by atoms with van der Waals surface area (Å²) >= 11 is 0. The maximum atomic E-state index is 0. The number of halogens is 3. The number of hydrogen-bond donors (Lipinski definition) is 0. The third-order valence-electron chi connectivity index (χ3n) is 0. The second-order valence-electron chi connectivity index (χ2n) is 0. The second-order valence-corrected chi connectivity index (χ2v) is 0. The van der Waals surface area contributed by atoms with Gasteiger partial charge in [0.25, 0.3) is 0 Å². The molecule has 0 fully saturated rings. The third-order valence-corrected chi connectivity index (χ3v) is 0. The maximum absolute atomic E-state index is 0. The fourth-order valence-electron chi connectivity index (χ4n) is 0. The summed E-state index contributed by atoms with van der Waals surface area (Å²) in [5.74, 6) is 0. The van der Waals surface area contributed by atoms with Gasteiger partial charge in [-0.25, -0.2) is 0 Å². The zero-order chi connectivity index (χ0) is 0. The van der Waals surface area contributed by atoms with Gasteiger partial charge in [-0.3, -0.25) is 0 Å². The fraction of sp³-hybridized carbons (Fsp3) is 0. The van der Waals surface area contributed by atoms with Gasteiger partial charge in [0.2, 0.25) is 0 Å². The molecule has 0 aliphatic rings. The summed E-state index contributed by atoms with van der Waals surface area (Å²) in [5, 5.41) is 0. The molecular weight excluding hydrogens is 351 g/mol. The van der Waals surface area contributed by atoms with Gasteiger partial charge in [0.1, 0.15) is 0 Å². The molecule has 0 atom stereocenters. The van der Waals surface area contributed by atoms with Gasteiger partial charge in [-0.1, -0.05) is 0 Å². The molecule has 0 aliphatic carbocycles. The molecule has 0 aromatic heterocycles. The summed E-state index contributed by atoms with van der Waals surface area (Å²) in [7, 11) is 0. The summed E-state index contributed by atoms with van der Waals surface area (Å²) in [6.45, 7) is 0. The largest absolute Gasteiger partial charge is 1.00 e. The predicted molar refractivity (Wildman–Crippen MR) is 8.54 cm³/mol. The monoisotopic (exact) mass is 352 g/mol. The Morgan fingerprint density at radius 3 is 0.600 bits per heavy atom. The third kappa shape index (κ3) is 18.4. The summed E-state index contributed by atoms with van der Waals surface area (Å²) in [6, 6.07) is 0. The SMILES string of the molecule is [Br-].[Br-].[Br-].[GeH2+2].[K+]. The van der Waals surface area contributed by atoms with Gasteiger partial charge < -0.3 is 50.9 Å². The molecule has 0 heterocycles. The van der Waals surface area contributed by atoms with Gasteiger partial charge in [0.15, 0.2) is 0 Å². The van der Waals surface area contributed by atoms with Gasteiger partial charge in [-0.05, 0) is 0 Å². The Labute approximate surface area is 117 Å². The Balaban J connectivity index is 0. The van der Waals surface area contributed by atoms with Crippen LogP contribution in [-0.2, 0) is 0 Å². The Bertz CT molecular complexity index is 6.85. The summed E-state index contributed by atoms with van der Waals surface area (Å²) in [4.78, 5) is 0. The zero-order valence-corrected chi connectivity index (χ0v) is 13.7. The van der Waals surface area contributed by atoms with Gasteiger partial charge in [0.05, 0.1) is 0 Å². The van der Waals surface area contributed by atoms with Crippen LogP contribution < -0.4 is 102 Å². The van der Waals surface area contributed by atoms with Crippen molar-refractivity contribution in [2.45, 2.75) is 0 Å². The average Bonchev–Trinajstić information content (AvgIpc) is 0. The van der Waals surface area contributed by atoms with Gasteiger partial charge in [-0.15, -0.1) is 0 Å². The molecule has 0 saturated heterocycles. The first-order valence-corrected chi connectivity index (χ1v) is 0. The molecule has 0 amide bonds. The summed E-state index contributed by atoms with van der Waals surface area (Å²) in [5.41, 5.74) is 0. The van der Waals surface area contributed by atoms with Crippen molar-refractivity contribution in [1.29, 1.82) is 0 Å². The van der Waals surface area contributed by atoms with E-state index in [1.54, 1.807) is 0 Å². The number of hydrogen-bond acceptors (Lipinski definition) is 0. The zero-order valence-electron chi connectivity index (χ0n) is 2.84. The Morgan fingerprint density at radius 1 is 0.600 bits per heavy atom. The van der Waals surface area contributed by atoms with Crippen molar-refractivity contribution in [3.8, 4) is 0 Å². The summed E-state index contributed by atoms with van der Waals surface area (Å²) in [6.07, 6.45) is 0. The molecule has 0 aromatic rings. The van der Waals surface area contributed by atoms with Crippen LogP contribution in [0, 0.1) is 0 Å². The van der Waals surface area contributed by atoms with Crippen LogP contribution in [0.25, 0.3) is 0 Å². The molecule has 5 heavy (non-hydrogen) atoms. The van der Waals surface area contributed by atoms with Crippen LogP contribution in [0.5, 0.6) is 0 Å². The molecule has 0 rings (SSSR count). The van der Waals surface area contributed by atoms with Crippen molar-refractivity contribution in [1.82, 2.24) is 0 Å². The minimum Gasteiger partial charge on any atom is 1.00 e. The molecule has 0 bridgehead atoms. The minimum absolute atomic E-state index is 0. The van der Waals surface area contributed by atoms with Crippen LogP contribution in [0.2, 0.25) is 0 Å². The van der Waals surface area contributed by atoms with Crippen LogP contribution in [0.1, 0.15) is 0 Å². The van der Waals surface area contributed by atoms with E-state index in [1.807, 2.05) is 0 Å². The molecule has 0 saturated carbocycles. The van der Waals surface area contributed by atoms with Crippen LogP contribution in [0.3, 0.4) is 0 Å². The van der Waals surface area contributed by atoms with Crippen LogP contribution in [-0.4, -0.2) is 17.6 Å². The second kappa shape index (κ2) is 25.5. The Hall–Kier alpha value is 3.62. The van der Waals surface area contributed by atoms with Gasteiger partial charge >= 0.3 is 69.0 Å². The van der Waals surface area contributed by atoms with E-state index in [0.717, 1.165) is 0 Å². The van der Waals surface area contributed by atoms with Crippen molar-refractivity contribution in [2.75, 3.05) is 0 Å². The topological polar surface area (TPSA) is 0 Å². The van der Waals surface area contributed by atoms with E-state index in [0.29, 0.717) is 0 Å². The molecule has 0 aliphatic heterocycles. The fourth-order valence-corrected chi connectivity index (χ4v) is 0. The van der Waals surface area contributed by atoms with Crippen molar-refractivity contribution in [3.05, 3.63) is 0 Å². The summed E-state index contributed by atoms with van der Waals surface area (Å²) < 4.78 is 0. The van der Waals surface area contributed by atoms with E-state index in [1.165, 1.54) is 0 Å². The predicted octanol–water partition coefficient (Wildman–Crippen LogP) is -12.9. The average molecular weight is 353 g/mol. The molecule has 0 nitrogen and oxygen atoms in total. The van der Waals surface area contributed by atoms with E-state index in [4.69, 9.17) is 0 Å².